The molecule has 1 amide bonds. The number of pyridine rings is 1. The van der Waals surface area contributed by atoms with E-state index in [-0.39, 0.29) is 5.91 Å². The van der Waals surface area contributed by atoms with Crippen LogP contribution >= 0.6 is 0 Å². The van der Waals surface area contributed by atoms with Gasteiger partial charge in [0.15, 0.2) is 5.69 Å². The Morgan fingerprint density at radius 2 is 2.23 bits per heavy atom. The normalized spacial score (nSPS) is 14.9. The Morgan fingerprint density at radius 1 is 1.36 bits per heavy atom. The Hall–Kier alpha value is -2.21. The largest absolute Gasteiger partial charge is 0.345 e. The molecule has 0 fully saturated rings. The number of nitrogens with zero attached hydrogens (tertiary/aromatic N) is 4. The molecule has 2 aromatic heterocycles. The van der Waals surface area contributed by atoms with Crippen LogP contribution in [0.4, 0.5) is 0 Å². The summed E-state index contributed by atoms with van der Waals surface area (Å²) in [5.74, 6) is -0.149. The highest BCUT2D eigenvalue weighted by atomic mass is 16.1. The molecular weight excluding hydrogens is 278 g/mol. The molecule has 6 heteroatoms. The van der Waals surface area contributed by atoms with Crippen molar-refractivity contribution in [1.29, 1.82) is 0 Å². The molecule has 0 saturated heterocycles. The van der Waals surface area contributed by atoms with Gasteiger partial charge in [-0.25, -0.2) is 0 Å². The van der Waals surface area contributed by atoms with Gasteiger partial charge >= 0.3 is 0 Å². The molecule has 0 saturated carbocycles. The van der Waals surface area contributed by atoms with Crippen LogP contribution in [0.3, 0.4) is 0 Å². The third kappa shape index (κ3) is 3.17. The molecule has 2 aromatic rings. The highest BCUT2D eigenvalue weighted by Crippen LogP contribution is 2.15. The van der Waals surface area contributed by atoms with Crippen molar-refractivity contribution in [2.24, 2.45) is 0 Å². The number of aromatic nitrogens is 3. The minimum atomic E-state index is -0.149. The van der Waals surface area contributed by atoms with Gasteiger partial charge in [0.05, 0.1) is 24.5 Å². The summed E-state index contributed by atoms with van der Waals surface area (Å²) in [5.41, 5.74) is 2.42. The van der Waals surface area contributed by atoms with Crippen LogP contribution in [0.15, 0.2) is 30.5 Å². The Balaban J connectivity index is 1.65. The first-order chi connectivity index (χ1) is 10.6. The SMILES string of the molecule is CC(C)N1CCn2nc(C(=O)NCc3ccccn3)cc2C1. The van der Waals surface area contributed by atoms with Crippen molar-refractivity contribution in [3.63, 3.8) is 0 Å². The maximum atomic E-state index is 12.2. The lowest BCUT2D eigenvalue weighted by Gasteiger charge is -2.30. The van der Waals surface area contributed by atoms with E-state index in [1.54, 1.807) is 6.20 Å². The van der Waals surface area contributed by atoms with Gasteiger partial charge in [-0.2, -0.15) is 5.10 Å². The smallest absolute Gasteiger partial charge is 0.272 e. The van der Waals surface area contributed by atoms with Crippen LogP contribution in [0.5, 0.6) is 0 Å². The molecule has 0 aromatic carbocycles. The Kier molecular flexibility index (Phi) is 4.20. The van der Waals surface area contributed by atoms with Gasteiger partial charge < -0.3 is 5.32 Å². The van der Waals surface area contributed by atoms with E-state index in [4.69, 9.17) is 0 Å². The number of rotatable bonds is 4. The minimum Gasteiger partial charge on any atom is -0.345 e. The van der Waals surface area contributed by atoms with E-state index in [0.29, 0.717) is 18.3 Å². The van der Waals surface area contributed by atoms with Crippen LogP contribution < -0.4 is 5.32 Å². The first kappa shape index (κ1) is 14.7. The number of amides is 1. The number of fused-ring (bicyclic) bond motifs is 1. The van der Waals surface area contributed by atoms with Gasteiger partial charge in [0.2, 0.25) is 0 Å². The zero-order valence-corrected chi connectivity index (χ0v) is 13.0. The average molecular weight is 299 g/mol. The van der Waals surface area contributed by atoms with Gasteiger partial charge in [0.1, 0.15) is 0 Å². The summed E-state index contributed by atoms with van der Waals surface area (Å²) in [7, 11) is 0. The Morgan fingerprint density at radius 3 is 2.95 bits per heavy atom. The van der Waals surface area contributed by atoms with Crippen molar-refractivity contribution in [3.8, 4) is 0 Å². The second-order valence-electron chi connectivity index (χ2n) is 5.81. The first-order valence-electron chi connectivity index (χ1n) is 7.62. The molecule has 1 aliphatic heterocycles. The average Bonchev–Trinajstić information content (AvgIpc) is 2.96. The number of nitrogens with one attached hydrogen (secondary N) is 1. The van der Waals surface area contributed by atoms with Crippen LogP contribution in [0.2, 0.25) is 0 Å². The summed E-state index contributed by atoms with van der Waals surface area (Å²) < 4.78 is 1.94. The molecule has 6 nitrogen and oxygen atoms in total. The highest BCUT2D eigenvalue weighted by Gasteiger charge is 2.22. The van der Waals surface area contributed by atoms with E-state index in [0.717, 1.165) is 31.0 Å². The molecule has 0 unspecified atom stereocenters. The molecule has 0 bridgehead atoms. The molecule has 3 rings (SSSR count). The van der Waals surface area contributed by atoms with E-state index in [9.17, 15) is 4.79 Å². The zero-order valence-electron chi connectivity index (χ0n) is 13.0. The van der Waals surface area contributed by atoms with E-state index < -0.39 is 0 Å². The third-order valence-electron chi connectivity index (χ3n) is 3.95. The minimum absolute atomic E-state index is 0.149. The third-order valence-corrected chi connectivity index (χ3v) is 3.95. The van der Waals surface area contributed by atoms with Crippen LogP contribution in [-0.4, -0.2) is 38.2 Å². The summed E-state index contributed by atoms with van der Waals surface area (Å²) in [6.45, 7) is 7.44. The number of hydrogen-bond acceptors (Lipinski definition) is 4. The van der Waals surface area contributed by atoms with E-state index in [1.165, 1.54) is 0 Å². The van der Waals surface area contributed by atoms with Crippen molar-refractivity contribution in [1.82, 2.24) is 25.0 Å². The lowest BCUT2D eigenvalue weighted by molar-refractivity contribution is 0.0944. The molecule has 1 aliphatic rings. The van der Waals surface area contributed by atoms with Crippen molar-refractivity contribution in [3.05, 3.63) is 47.5 Å². The van der Waals surface area contributed by atoms with Gasteiger partial charge in [0, 0.05) is 25.3 Å². The Labute approximate surface area is 130 Å². The highest BCUT2D eigenvalue weighted by molar-refractivity contribution is 5.92. The predicted molar refractivity (Wildman–Crippen MR) is 83.2 cm³/mol. The maximum Gasteiger partial charge on any atom is 0.272 e. The van der Waals surface area contributed by atoms with Gasteiger partial charge in [-0.15, -0.1) is 0 Å². The lowest BCUT2D eigenvalue weighted by Crippen LogP contribution is -2.38. The Bertz CT molecular complexity index is 650. The van der Waals surface area contributed by atoms with Gasteiger partial charge in [-0.3, -0.25) is 19.4 Å². The van der Waals surface area contributed by atoms with Crippen LogP contribution in [0.25, 0.3) is 0 Å². The summed E-state index contributed by atoms with van der Waals surface area (Å²) in [5, 5.41) is 7.28. The first-order valence-corrected chi connectivity index (χ1v) is 7.62. The molecule has 0 atom stereocenters. The van der Waals surface area contributed by atoms with Crippen molar-refractivity contribution in [2.75, 3.05) is 6.54 Å². The van der Waals surface area contributed by atoms with E-state index >= 15 is 0 Å². The summed E-state index contributed by atoms with van der Waals surface area (Å²) in [4.78, 5) is 18.8. The predicted octanol–water partition coefficient (Wildman–Crippen LogP) is 1.43. The zero-order chi connectivity index (χ0) is 15.5. The number of carbonyl (C=O) groups excluding carboxylic acids is 1. The van der Waals surface area contributed by atoms with Gasteiger partial charge in [0.25, 0.3) is 5.91 Å². The molecule has 3 heterocycles. The molecule has 1 N–H and O–H groups in total. The van der Waals surface area contributed by atoms with Crippen molar-refractivity contribution >= 4 is 5.91 Å². The monoisotopic (exact) mass is 299 g/mol. The van der Waals surface area contributed by atoms with E-state index in [1.807, 2.05) is 28.9 Å². The molecule has 22 heavy (non-hydrogen) atoms. The van der Waals surface area contributed by atoms with Crippen LogP contribution in [0, 0.1) is 0 Å². The molecular formula is C16H21N5O. The quantitative estimate of drug-likeness (QED) is 0.928. The second-order valence-corrected chi connectivity index (χ2v) is 5.81. The molecule has 116 valence electrons. The molecule has 0 spiro atoms. The summed E-state index contributed by atoms with van der Waals surface area (Å²) >= 11 is 0. The fourth-order valence-corrected chi connectivity index (χ4v) is 2.60. The topological polar surface area (TPSA) is 63.1 Å². The second kappa shape index (κ2) is 6.27. The maximum absolute atomic E-state index is 12.2. The molecule has 0 aliphatic carbocycles. The van der Waals surface area contributed by atoms with Crippen molar-refractivity contribution < 1.29 is 4.79 Å². The lowest BCUT2D eigenvalue weighted by atomic mass is 10.2. The van der Waals surface area contributed by atoms with Crippen molar-refractivity contribution in [2.45, 2.75) is 39.5 Å². The van der Waals surface area contributed by atoms with Crippen LogP contribution in [-0.2, 0) is 19.6 Å². The number of carbonyl (C=O) groups is 1. The fourth-order valence-electron chi connectivity index (χ4n) is 2.60. The van der Waals surface area contributed by atoms with E-state index in [2.05, 4.69) is 34.1 Å². The molecule has 0 radical (unpaired) electrons. The number of hydrogen-bond donors (Lipinski definition) is 1. The standard InChI is InChI=1S/C16H21N5O/c1-12(2)20-7-8-21-14(11-20)9-15(19-21)16(22)18-10-13-5-3-4-6-17-13/h3-6,9,12H,7-8,10-11H2,1-2H3,(H,18,22). The van der Waals surface area contributed by atoms with Crippen LogP contribution in [0.1, 0.15) is 35.7 Å². The summed E-state index contributed by atoms with van der Waals surface area (Å²) in [6, 6.07) is 8.05. The fraction of sp³-hybridized carbons (Fsp3) is 0.438. The summed E-state index contributed by atoms with van der Waals surface area (Å²) in [6.07, 6.45) is 1.72. The van der Waals surface area contributed by atoms with Gasteiger partial charge in [-0.1, -0.05) is 6.07 Å². The van der Waals surface area contributed by atoms with Gasteiger partial charge in [-0.05, 0) is 32.0 Å².